The van der Waals surface area contributed by atoms with Crippen molar-refractivity contribution in [3.8, 4) is 0 Å². The van der Waals surface area contributed by atoms with Crippen molar-refractivity contribution < 1.29 is 14.7 Å². The van der Waals surface area contributed by atoms with E-state index in [2.05, 4.69) is 0 Å². The van der Waals surface area contributed by atoms with Crippen LogP contribution in [-0.2, 0) is 9.59 Å². The highest BCUT2D eigenvalue weighted by Gasteiger charge is 2.49. The lowest BCUT2D eigenvalue weighted by Gasteiger charge is -2.44. The topological polar surface area (TPSA) is 83.6 Å². The van der Waals surface area contributed by atoms with E-state index in [1.54, 1.807) is 18.7 Å². The molecule has 1 aliphatic heterocycles. The van der Waals surface area contributed by atoms with Gasteiger partial charge in [0.1, 0.15) is 0 Å². The summed E-state index contributed by atoms with van der Waals surface area (Å²) < 4.78 is 0. The van der Waals surface area contributed by atoms with Gasteiger partial charge >= 0.3 is 5.97 Å². The van der Waals surface area contributed by atoms with E-state index in [-0.39, 0.29) is 17.7 Å². The Balaban J connectivity index is 1.87. The molecule has 1 aliphatic carbocycles. The van der Waals surface area contributed by atoms with E-state index in [0.717, 1.165) is 12.8 Å². The zero-order valence-electron chi connectivity index (χ0n) is 10.3. The number of carbonyl (C=O) groups excluding carboxylic acids is 1. The average Bonchev–Trinajstić information content (AvgIpc) is 2.97. The Morgan fingerprint density at radius 3 is 2.35 bits per heavy atom. The maximum absolute atomic E-state index is 12.1. The lowest BCUT2D eigenvalue weighted by molar-refractivity contribution is -0.153. The predicted octanol–water partition coefficient (Wildman–Crippen LogP) is 0.293. The maximum atomic E-state index is 12.1. The molecule has 1 amide bonds. The summed E-state index contributed by atoms with van der Waals surface area (Å²) in [6.45, 7) is 4.55. The minimum absolute atomic E-state index is 0.0196. The van der Waals surface area contributed by atoms with E-state index in [1.807, 2.05) is 0 Å². The normalized spacial score (nSPS) is 25.9. The van der Waals surface area contributed by atoms with Gasteiger partial charge in [-0.1, -0.05) is 6.92 Å². The van der Waals surface area contributed by atoms with Crippen LogP contribution in [0.15, 0.2) is 0 Å². The van der Waals surface area contributed by atoms with Crippen molar-refractivity contribution >= 4 is 11.9 Å². The second-order valence-electron chi connectivity index (χ2n) is 5.65. The Labute approximate surface area is 101 Å². The summed E-state index contributed by atoms with van der Waals surface area (Å²) in [4.78, 5) is 24.6. The molecule has 2 aliphatic rings. The summed E-state index contributed by atoms with van der Waals surface area (Å²) in [5, 5.41) is 8.87. The van der Waals surface area contributed by atoms with Gasteiger partial charge in [-0.15, -0.1) is 0 Å². The van der Waals surface area contributed by atoms with Crippen molar-refractivity contribution in [1.29, 1.82) is 0 Å². The molecular formula is C12H20N2O3. The van der Waals surface area contributed by atoms with Crippen LogP contribution in [0.5, 0.6) is 0 Å². The zero-order valence-corrected chi connectivity index (χ0v) is 10.3. The molecule has 5 nitrogen and oxygen atoms in total. The van der Waals surface area contributed by atoms with Gasteiger partial charge in [-0.2, -0.15) is 0 Å². The lowest BCUT2D eigenvalue weighted by atomic mass is 9.84. The third-order valence-corrected chi connectivity index (χ3v) is 4.18. The summed E-state index contributed by atoms with van der Waals surface area (Å²) in [5.41, 5.74) is 5.30. The smallest absolute Gasteiger partial charge is 0.306 e. The highest BCUT2D eigenvalue weighted by Crippen LogP contribution is 2.40. The molecule has 17 heavy (non-hydrogen) atoms. The number of carboxylic acid groups (broad SMARTS) is 1. The molecule has 0 aromatic carbocycles. The summed E-state index contributed by atoms with van der Waals surface area (Å²) >= 11 is 0. The van der Waals surface area contributed by atoms with E-state index in [9.17, 15) is 9.59 Å². The second kappa shape index (κ2) is 3.98. The number of nitrogens with two attached hydrogens (primary N) is 1. The van der Waals surface area contributed by atoms with Crippen molar-refractivity contribution in [1.82, 2.24) is 4.90 Å². The molecule has 0 aromatic rings. The fraction of sp³-hybridized carbons (Fsp3) is 0.833. The zero-order chi connectivity index (χ0) is 12.8. The SMILES string of the molecule is CC(C(=O)O)C1CN(C(=O)C(C)(N)C2CC2)C1. The quantitative estimate of drug-likeness (QED) is 0.740. The molecule has 1 heterocycles. The van der Waals surface area contributed by atoms with Crippen molar-refractivity contribution in [3.63, 3.8) is 0 Å². The monoisotopic (exact) mass is 240 g/mol. The first kappa shape index (κ1) is 12.4. The van der Waals surface area contributed by atoms with Crippen LogP contribution in [-0.4, -0.2) is 40.5 Å². The Morgan fingerprint density at radius 1 is 1.41 bits per heavy atom. The summed E-state index contributed by atoms with van der Waals surface area (Å²) in [5.74, 6) is -0.810. The van der Waals surface area contributed by atoms with Crippen LogP contribution in [0.25, 0.3) is 0 Å². The van der Waals surface area contributed by atoms with Crippen molar-refractivity contribution in [3.05, 3.63) is 0 Å². The standard InChI is InChI=1S/C12H20N2O3/c1-7(10(15)16)8-5-14(6-8)11(17)12(2,13)9-3-4-9/h7-9H,3-6,13H2,1-2H3,(H,15,16). The number of nitrogens with zero attached hydrogens (tertiary/aromatic N) is 1. The molecule has 0 radical (unpaired) electrons. The minimum Gasteiger partial charge on any atom is -0.481 e. The minimum atomic E-state index is -0.792. The first-order chi connectivity index (χ1) is 7.84. The third-order valence-electron chi connectivity index (χ3n) is 4.18. The Kier molecular flexibility index (Phi) is 2.89. The molecule has 5 heteroatoms. The molecule has 96 valence electrons. The highest BCUT2D eigenvalue weighted by atomic mass is 16.4. The summed E-state index contributed by atoms with van der Waals surface area (Å²) in [6, 6.07) is 0. The van der Waals surface area contributed by atoms with E-state index >= 15 is 0 Å². The van der Waals surface area contributed by atoms with E-state index in [4.69, 9.17) is 10.8 Å². The lowest BCUT2D eigenvalue weighted by Crippen LogP contribution is -2.62. The van der Waals surface area contributed by atoms with Crippen LogP contribution in [0.1, 0.15) is 26.7 Å². The molecular weight excluding hydrogens is 220 g/mol. The van der Waals surface area contributed by atoms with Gasteiger partial charge in [-0.05, 0) is 25.7 Å². The van der Waals surface area contributed by atoms with Crippen LogP contribution in [0.4, 0.5) is 0 Å². The molecule has 2 rings (SSSR count). The van der Waals surface area contributed by atoms with Crippen LogP contribution in [0, 0.1) is 17.8 Å². The second-order valence-corrected chi connectivity index (χ2v) is 5.65. The van der Waals surface area contributed by atoms with Gasteiger partial charge < -0.3 is 15.7 Å². The molecule has 2 fully saturated rings. The van der Waals surface area contributed by atoms with Gasteiger partial charge in [0.2, 0.25) is 5.91 Å². The number of likely N-dealkylation sites (tertiary alicyclic amines) is 1. The Bertz CT molecular complexity index is 344. The van der Waals surface area contributed by atoms with Gasteiger partial charge in [-0.25, -0.2) is 0 Å². The van der Waals surface area contributed by atoms with Gasteiger partial charge in [0.05, 0.1) is 11.5 Å². The van der Waals surface area contributed by atoms with E-state index in [0.29, 0.717) is 19.0 Å². The van der Waals surface area contributed by atoms with Crippen LogP contribution in [0.2, 0.25) is 0 Å². The number of carboxylic acids is 1. The molecule has 1 saturated carbocycles. The fourth-order valence-electron chi connectivity index (χ4n) is 2.39. The number of amides is 1. The van der Waals surface area contributed by atoms with Crippen molar-refractivity contribution in [2.45, 2.75) is 32.2 Å². The number of rotatable bonds is 4. The first-order valence-corrected chi connectivity index (χ1v) is 6.15. The van der Waals surface area contributed by atoms with Crippen molar-refractivity contribution in [2.24, 2.45) is 23.5 Å². The van der Waals surface area contributed by atoms with Crippen molar-refractivity contribution in [2.75, 3.05) is 13.1 Å². The predicted molar refractivity (Wildman–Crippen MR) is 62.2 cm³/mol. The molecule has 0 aromatic heterocycles. The van der Waals surface area contributed by atoms with E-state index in [1.165, 1.54) is 0 Å². The van der Waals surface area contributed by atoms with Gasteiger partial charge in [0.15, 0.2) is 0 Å². The number of hydrogen-bond donors (Lipinski definition) is 2. The molecule has 2 unspecified atom stereocenters. The van der Waals surface area contributed by atoms with Crippen LogP contribution >= 0.6 is 0 Å². The Hall–Kier alpha value is -1.10. The maximum Gasteiger partial charge on any atom is 0.306 e. The first-order valence-electron chi connectivity index (χ1n) is 6.15. The third kappa shape index (κ3) is 2.16. The largest absolute Gasteiger partial charge is 0.481 e. The summed E-state index contributed by atoms with van der Waals surface area (Å²) in [7, 11) is 0. The molecule has 0 spiro atoms. The molecule has 0 bridgehead atoms. The van der Waals surface area contributed by atoms with Gasteiger partial charge in [0.25, 0.3) is 0 Å². The van der Waals surface area contributed by atoms with Gasteiger partial charge in [0, 0.05) is 19.0 Å². The number of hydrogen-bond acceptors (Lipinski definition) is 3. The molecule has 3 N–H and O–H groups in total. The van der Waals surface area contributed by atoms with E-state index < -0.39 is 11.5 Å². The molecule has 2 atom stereocenters. The average molecular weight is 240 g/mol. The van der Waals surface area contributed by atoms with Gasteiger partial charge in [-0.3, -0.25) is 9.59 Å². The number of carbonyl (C=O) groups is 2. The Morgan fingerprint density at radius 2 is 1.94 bits per heavy atom. The van der Waals surface area contributed by atoms with Crippen LogP contribution in [0.3, 0.4) is 0 Å². The summed E-state index contributed by atoms with van der Waals surface area (Å²) in [6.07, 6.45) is 2.06. The fourth-order valence-corrected chi connectivity index (χ4v) is 2.39. The number of aliphatic carboxylic acids is 1. The van der Waals surface area contributed by atoms with Crippen LogP contribution < -0.4 is 5.73 Å². The molecule has 1 saturated heterocycles. The highest BCUT2D eigenvalue weighted by molar-refractivity contribution is 5.87.